The fourth-order valence-electron chi connectivity index (χ4n) is 1.43. The van der Waals surface area contributed by atoms with Crippen molar-refractivity contribution in [3.8, 4) is 0 Å². The van der Waals surface area contributed by atoms with Crippen LogP contribution in [0.25, 0.3) is 0 Å². The number of hydrogen-bond acceptors (Lipinski definition) is 3. The van der Waals surface area contributed by atoms with Gasteiger partial charge in [-0.25, -0.2) is 0 Å². The smallest absolute Gasteiger partial charge is 0.254 e. The summed E-state index contributed by atoms with van der Waals surface area (Å²) in [6.07, 6.45) is 2.58. The van der Waals surface area contributed by atoms with Crippen molar-refractivity contribution in [1.82, 2.24) is 15.6 Å². The highest BCUT2D eigenvalue weighted by atomic mass is 35.5. The molecule has 0 aliphatic rings. The van der Waals surface area contributed by atoms with Gasteiger partial charge in [0.05, 0.1) is 10.6 Å². The Morgan fingerprint density at radius 3 is 2.68 bits per heavy atom. The van der Waals surface area contributed by atoms with E-state index in [0.29, 0.717) is 17.1 Å². The number of hydrogen-bond donors (Lipinski definition) is 2. The molecule has 1 aromatic heterocycles. The summed E-state index contributed by atoms with van der Waals surface area (Å²) < 4.78 is 0. The van der Waals surface area contributed by atoms with Crippen LogP contribution in [0, 0.1) is 6.92 Å². The summed E-state index contributed by atoms with van der Waals surface area (Å²) in [5, 5.41) is 5.74. The number of aryl methyl sites for hydroxylation is 1. The van der Waals surface area contributed by atoms with Crippen molar-refractivity contribution < 1.29 is 9.59 Å². The van der Waals surface area contributed by atoms with E-state index in [2.05, 4.69) is 15.6 Å². The molecule has 0 aliphatic heterocycles. The topological polar surface area (TPSA) is 71.1 Å². The summed E-state index contributed by atoms with van der Waals surface area (Å²) in [6, 6.07) is 1.63. The first-order valence-electron chi connectivity index (χ1n) is 6.21. The molecule has 0 radical (unpaired) electrons. The minimum absolute atomic E-state index is 0.0738. The van der Waals surface area contributed by atoms with Crippen molar-refractivity contribution in [1.29, 1.82) is 0 Å². The Balaban J connectivity index is 2.41. The molecule has 0 bridgehead atoms. The third kappa shape index (κ3) is 5.26. The van der Waals surface area contributed by atoms with Crippen LogP contribution in [0.2, 0.25) is 5.02 Å². The van der Waals surface area contributed by atoms with E-state index < -0.39 is 0 Å². The zero-order chi connectivity index (χ0) is 14.3. The van der Waals surface area contributed by atoms with E-state index in [1.807, 2.05) is 6.92 Å². The van der Waals surface area contributed by atoms with Crippen LogP contribution in [-0.2, 0) is 4.79 Å². The van der Waals surface area contributed by atoms with E-state index in [1.54, 1.807) is 13.0 Å². The van der Waals surface area contributed by atoms with Gasteiger partial charge in [-0.05, 0) is 19.4 Å². The Bertz CT molecular complexity index is 463. The number of carbonyl (C=O) groups is 2. The van der Waals surface area contributed by atoms with Crippen LogP contribution < -0.4 is 10.6 Å². The highest BCUT2D eigenvalue weighted by Crippen LogP contribution is 2.15. The first-order chi connectivity index (χ1) is 9.04. The number of aromatic nitrogens is 1. The van der Waals surface area contributed by atoms with Gasteiger partial charge in [0.2, 0.25) is 5.91 Å². The summed E-state index contributed by atoms with van der Waals surface area (Å²) in [5.74, 6) is -0.393. The monoisotopic (exact) mass is 283 g/mol. The third-order valence-electron chi connectivity index (χ3n) is 2.44. The molecule has 0 aromatic carbocycles. The van der Waals surface area contributed by atoms with E-state index in [-0.39, 0.29) is 24.8 Å². The molecule has 0 unspecified atom stereocenters. The largest absolute Gasteiger partial charge is 0.356 e. The lowest BCUT2D eigenvalue weighted by molar-refractivity contribution is -0.120. The second kappa shape index (κ2) is 7.74. The van der Waals surface area contributed by atoms with E-state index in [1.165, 1.54) is 6.20 Å². The average Bonchev–Trinajstić information content (AvgIpc) is 2.36. The molecule has 1 aromatic rings. The van der Waals surface area contributed by atoms with Gasteiger partial charge in [-0.2, -0.15) is 0 Å². The Morgan fingerprint density at radius 2 is 2.05 bits per heavy atom. The Labute approximate surface area is 117 Å². The molecule has 0 fully saturated rings. The van der Waals surface area contributed by atoms with Gasteiger partial charge in [0.25, 0.3) is 5.91 Å². The number of amides is 2. The Hall–Kier alpha value is -1.62. The SMILES string of the molecule is CCCNC(=O)CCNC(=O)c1cnc(C)cc1Cl. The molecule has 6 heteroatoms. The lowest BCUT2D eigenvalue weighted by Gasteiger charge is -2.07. The van der Waals surface area contributed by atoms with Crippen molar-refractivity contribution in [2.45, 2.75) is 26.7 Å². The molecule has 2 amide bonds. The van der Waals surface area contributed by atoms with Gasteiger partial charge in [-0.15, -0.1) is 0 Å². The average molecular weight is 284 g/mol. The Kier molecular flexibility index (Phi) is 6.29. The molecular formula is C13H18ClN3O2. The number of halogens is 1. The minimum Gasteiger partial charge on any atom is -0.356 e. The van der Waals surface area contributed by atoms with Crippen molar-refractivity contribution >= 4 is 23.4 Å². The molecule has 104 valence electrons. The van der Waals surface area contributed by atoms with Crippen molar-refractivity contribution in [2.24, 2.45) is 0 Å². The lowest BCUT2D eigenvalue weighted by Crippen LogP contribution is -2.31. The van der Waals surface area contributed by atoms with Crippen LogP contribution in [0.4, 0.5) is 0 Å². The molecule has 0 saturated heterocycles. The summed E-state index contributed by atoms with van der Waals surface area (Å²) in [6.45, 7) is 4.71. The summed E-state index contributed by atoms with van der Waals surface area (Å²) in [7, 11) is 0. The van der Waals surface area contributed by atoms with Crippen molar-refractivity contribution in [3.05, 3.63) is 28.5 Å². The number of pyridine rings is 1. The molecule has 2 N–H and O–H groups in total. The fraction of sp³-hybridized carbons (Fsp3) is 0.462. The molecular weight excluding hydrogens is 266 g/mol. The highest BCUT2D eigenvalue weighted by molar-refractivity contribution is 6.33. The van der Waals surface area contributed by atoms with Crippen LogP contribution in [0.5, 0.6) is 0 Å². The van der Waals surface area contributed by atoms with Crippen molar-refractivity contribution in [2.75, 3.05) is 13.1 Å². The maximum Gasteiger partial charge on any atom is 0.254 e. The normalized spacial score (nSPS) is 10.1. The maximum atomic E-state index is 11.8. The first kappa shape index (κ1) is 15.4. The molecule has 1 heterocycles. The predicted octanol–water partition coefficient (Wildman–Crippen LogP) is 1.69. The van der Waals surface area contributed by atoms with Gasteiger partial charge in [-0.3, -0.25) is 14.6 Å². The molecule has 1 rings (SSSR count). The van der Waals surface area contributed by atoms with E-state index in [0.717, 1.165) is 12.1 Å². The van der Waals surface area contributed by atoms with Gasteiger partial charge in [-0.1, -0.05) is 18.5 Å². The number of nitrogens with zero attached hydrogens (tertiary/aromatic N) is 1. The molecule has 5 nitrogen and oxygen atoms in total. The second-order valence-corrected chi connectivity index (χ2v) is 4.57. The fourth-order valence-corrected chi connectivity index (χ4v) is 1.72. The molecule has 0 saturated carbocycles. The summed E-state index contributed by atoms with van der Waals surface area (Å²) >= 11 is 5.95. The summed E-state index contributed by atoms with van der Waals surface area (Å²) in [5.41, 5.74) is 1.07. The van der Waals surface area contributed by atoms with Crippen molar-refractivity contribution in [3.63, 3.8) is 0 Å². The highest BCUT2D eigenvalue weighted by Gasteiger charge is 2.11. The van der Waals surface area contributed by atoms with Crippen LogP contribution >= 0.6 is 11.6 Å². The minimum atomic E-state index is -0.319. The van der Waals surface area contributed by atoms with Crippen LogP contribution in [-0.4, -0.2) is 29.9 Å². The number of nitrogens with one attached hydrogen (secondary N) is 2. The van der Waals surface area contributed by atoms with Gasteiger partial charge in [0.1, 0.15) is 0 Å². The van der Waals surface area contributed by atoms with E-state index in [4.69, 9.17) is 11.6 Å². The van der Waals surface area contributed by atoms with Gasteiger partial charge >= 0.3 is 0 Å². The second-order valence-electron chi connectivity index (χ2n) is 4.16. The quantitative estimate of drug-likeness (QED) is 0.834. The predicted molar refractivity (Wildman–Crippen MR) is 74.2 cm³/mol. The lowest BCUT2D eigenvalue weighted by atomic mass is 10.2. The molecule has 0 aliphatic carbocycles. The maximum absolute atomic E-state index is 11.8. The molecule has 0 atom stereocenters. The number of carbonyl (C=O) groups excluding carboxylic acids is 2. The van der Waals surface area contributed by atoms with E-state index >= 15 is 0 Å². The Morgan fingerprint density at radius 1 is 1.32 bits per heavy atom. The zero-order valence-corrected chi connectivity index (χ0v) is 11.9. The molecule has 0 spiro atoms. The van der Waals surface area contributed by atoms with Gasteiger partial charge in [0.15, 0.2) is 0 Å². The van der Waals surface area contributed by atoms with E-state index in [9.17, 15) is 9.59 Å². The number of rotatable bonds is 6. The van der Waals surface area contributed by atoms with Crippen LogP contribution in [0.15, 0.2) is 12.3 Å². The van der Waals surface area contributed by atoms with Gasteiger partial charge < -0.3 is 10.6 Å². The zero-order valence-electron chi connectivity index (χ0n) is 11.1. The van der Waals surface area contributed by atoms with Gasteiger partial charge in [0, 0.05) is 31.4 Å². The molecule has 19 heavy (non-hydrogen) atoms. The van der Waals surface area contributed by atoms with Crippen LogP contribution in [0.3, 0.4) is 0 Å². The first-order valence-corrected chi connectivity index (χ1v) is 6.59. The third-order valence-corrected chi connectivity index (χ3v) is 2.76. The van der Waals surface area contributed by atoms with Crippen LogP contribution in [0.1, 0.15) is 35.8 Å². The standard InChI is InChI=1S/C13H18ClN3O2/c1-3-5-15-12(18)4-6-16-13(19)10-8-17-9(2)7-11(10)14/h7-8H,3-6H2,1-2H3,(H,15,18)(H,16,19). The summed E-state index contributed by atoms with van der Waals surface area (Å²) in [4.78, 5) is 27.2.